The lowest BCUT2D eigenvalue weighted by Crippen LogP contribution is -2.10. The number of nitrogens with zero attached hydrogens (tertiary/aromatic N) is 1. The Kier molecular flexibility index (Phi) is 7.96. The van der Waals surface area contributed by atoms with Gasteiger partial charge in [0.15, 0.2) is 11.5 Å². The Morgan fingerprint density at radius 2 is 1.83 bits per heavy atom. The van der Waals surface area contributed by atoms with Crippen LogP contribution in [0.15, 0.2) is 48.5 Å². The van der Waals surface area contributed by atoms with Gasteiger partial charge in [0.25, 0.3) is 0 Å². The van der Waals surface area contributed by atoms with Crippen molar-refractivity contribution < 1.29 is 9.47 Å². The molecule has 5 heteroatoms. The van der Waals surface area contributed by atoms with Gasteiger partial charge in [-0.15, -0.1) is 12.4 Å². The number of nitrogens with two attached hydrogens (primary N) is 1. The van der Waals surface area contributed by atoms with Crippen LogP contribution in [0.2, 0.25) is 0 Å². The minimum absolute atomic E-state index is 0. The molecule has 23 heavy (non-hydrogen) atoms. The normalized spacial score (nSPS) is 11.0. The Morgan fingerprint density at radius 3 is 2.48 bits per heavy atom. The third-order valence-corrected chi connectivity index (χ3v) is 3.24. The van der Waals surface area contributed by atoms with Crippen molar-refractivity contribution in [1.82, 2.24) is 0 Å². The molecule has 0 spiro atoms. The molecule has 122 valence electrons. The summed E-state index contributed by atoms with van der Waals surface area (Å²) < 4.78 is 11.5. The first-order chi connectivity index (χ1) is 10.7. The molecule has 4 nitrogen and oxygen atoms in total. The summed E-state index contributed by atoms with van der Waals surface area (Å²) in [5.74, 6) is 1.34. The summed E-state index contributed by atoms with van der Waals surface area (Å²) in [6.45, 7) is 2.94. The van der Waals surface area contributed by atoms with E-state index in [0.717, 1.165) is 11.1 Å². The highest BCUT2D eigenvalue weighted by molar-refractivity contribution is 5.85. The minimum atomic E-state index is -0.313. The van der Waals surface area contributed by atoms with Crippen LogP contribution < -0.4 is 15.2 Å². The Morgan fingerprint density at radius 1 is 1.09 bits per heavy atom. The zero-order chi connectivity index (χ0) is 15.8. The molecule has 0 aliphatic carbocycles. The van der Waals surface area contributed by atoms with Gasteiger partial charge in [-0.2, -0.15) is 5.26 Å². The lowest BCUT2D eigenvalue weighted by molar-refractivity contribution is 0.269. The molecule has 0 heterocycles. The quantitative estimate of drug-likeness (QED) is 0.832. The standard InChI is InChI=1S/C18H20N2O2.ClH/c1-2-21-18-12-15(16(20)10-11-19)8-9-17(18)22-13-14-6-4-3-5-7-14;/h3-9,12,16H,2,10,13,20H2,1H3;1H/t16-;/m1./s1. The van der Waals surface area contributed by atoms with E-state index in [1.807, 2.05) is 55.5 Å². The van der Waals surface area contributed by atoms with E-state index in [1.165, 1.54) is 0 Å². The highest BCUT2D eigenvalue weighted by Gasteiger charge is 2.11. The number of hydrogen-bond acceptors (Lipinski definition) is 4. The van der Waals surface area contributed by atoms with Crippen molar-refractivity contribution >= 4 is 12.4 Å². The maximum Gasteiger partial charge on any atom is 0.161 e. The molecule has 2 aromatic rings. The monoisotopic (exact) mass is 332 g/mol. The SMILES string of the molecule is CCOc1cc([C@H](N)CC#N)ccc1OCc1ccccc1.Cl. The number of ether oxygens (including phenoxy) is 2. The van der Waals surface area contributed by atoms with E-state index < -0.39 is 0 Å². The van der Waals surface area contributed by atoms with Crippen LogP contribution in [0.5, 0.6) is 11.5 Å². The molecule has 0 aromatic heterocycles. The molecule has 2 aromatic carbocycles. The highest BCUT2D eigenvalue weighted by atomic mass is 35.5. The first kappa shape index (κ1) is 18.8. The van der Waals surface area contributed by atoms with Gasteiger partial charge in [-0.25, -0.2) is 0 Å². The molecule has 0 bridgehead atoms. The molecule has 0 fully saturated rings. The summed E-state index contributed by atoms with van der Waals surface area (Å²) >= 11 is 0. The molecule has 0 saturated heterocycles. The van der Waals surface area contributed by atoms with Crippen LogP contribution in [0.25, 0.3) is 0 Å². The number of hydrogen-bond donors (Lipinski definition) is 1. The first-order valence-corrected chi connectivity index (χ1v) is 7.30. The fraction of sp³-hybridized carbons (Fsp3) is 0.278. The van der Waals surface area contributed by atoms with E-state index in [4.69, 9.17) is 20.5 Å². The van der Waals surface area contributed by atoms with Crippen molar-refractivity contribution in [1.29, 1.82) is 5.26 Å². The molecular formula is C18H21ClN2O2. The summed E-state index contributed by atoms with van der Waals surface area (Å²) in [6, 6.07) is 17.3. The summed E-state index contributed by atoms with van der Waals surface area (Å²) in [5.41, 5.74) is 7.93. The Hall–Kier alpha value is -2.22. The largest absolute Gasteiger partial charge is 0.490 e. The molecule has 0 aliphatic rings. The van der Waals surface area contributed by atoms with Crippen LogP contribution >= 0.6 is 12.4 Å². The van der Waals surface area contributed by atoms with E-state index in [2.05, 4.69) is 6.07 Å². The molecule has 2 rings (SSSR count). The second-order valence-electron chi connectivity index (χ2n) is 4.88. The van der Waals surface area contributed by atoms with Gasteiger partial charge in [0.05, 0.1) is 19.1 Å². The van der Waals surface area contributed by atoms with Crippen molar-refractivity contribution in [2.75, 3.05) is 6.61 Å². The minimum Gasteiger partial charge on any atom is -0.490 e. The van der Waals surface area contributed by atoms with Crippen molar-refractivity contribution in [3.05, 3.63) is 59.7 Å². The smallest absolute Gasteiger partial charge is 0.161 e. The number of halogens is 1. The molecule has 2 N–H and O–H groups in total. The van der Waals surface area contributed by atoms with Gasteiger partial charge in [0.2, 0.25) is 0 Å². The second kappa shape index (κ2) is 9.73. The zero-order valence-corrected chi connectivity index (χ0v) is 13.9. The van der Waals surface area contributed by atoms with Crippen LogP contribution in [0.4, 0.5) is 0 Å². The van der Waals surface area contributed by atoms with Crippen LogP contribution in [0.3, 0.4) is 0 Å². The van der Waals surface area contributed by atoms with Crippen LogP contribution in [-0.2, 0) is 6.61 Å². The summed E-state index contributed by atoms with van der Waals surface area (Å²) in [4.78, 5) is 0. The molecule has 0 radical (unpaired) electrons. The van der Waals surface area contributed by atoms with Crippen molar-refractivity contribution in [2.45, 2.75) is 26.0 Å². The first-order valence-electron chi connectivity index (χ1n) is 7.30. The molecule has 0 unspecified atom stereocenters. The van der Waals surface area contributed by atoms with Gasteiger partial charge in [0, 0.05) is 6.04 Å². The fourth-order valence-electron chi connectivity index (χ4n) is 2.09. The van der Waals surface area contributed by atoms with E-state index in [1.54, 1.807) is 0 Å². The number of rotatable bonds is 7. The molecular weight excluding hydrogens is 312 g/mol. The van der Waals surface area contributed by atoms with Gasteiger partial charge in [-0.3, -0.25) is 0 Å². The second-order valence-corrected chi connectivity index (χ2v) is 4.88. The van der Waals surface area contributed by atoms with Crippen molar-refractivity contribution in [3.8, 4) is 17.6 Å². The van der Waals surface area contributed by atoms with Gasteiger partial charge in [-0.05, 0) is 30.2 Å². The van der Waals surface area contributed by atoms with Gasteiger partial charge >= 0.3 is 0 Å². The van der Waals surface area contributed by atoms with Crippen molar-refractivity contribution in [2.24, 2.45) is 5.73 Å². The summed E-state index contributed by atoms with van der Waals surface area (Å²) in [6.07, 6.45) is 0.274. The maximum absolute atomic E-state index is 8.75. The molecule has 0 saturated carbocycles. The third kappa shape index (κ3) is 5.48. The van der Waals surface area contributed by atoms with Gasteiger partial charge in [0.1, 0.15) is 6.61 Å². The van der Waals surface area contributed by atoms with E-state index in [9.17, 15) is 0 Å². The van der Waals surface area contributed by atoms with E-state index in [-0.39, 0.29) is 24.9 Å². The lowest BCUT2D eigenvalue weighted by Gasteiger charge is -2.15. The third-order valence-electron chi connectivity index (χ3n) is 3.24. The molecule has 0 aliphatic heterocycles. The lowest BCUT2D eigenvalue weighted by atomic mass is 10.0. The number of benzene rings is 2. The van der Waals surface area contributed by atoms with Crippen LogP contribution in [0, 0.1) is 11.3 Å². The topological polar surface area (TPSA) is 68.3 Å². The van der Waals surface area contributed by atoms with Gasteiger partial charge < -0.3 is 15.2 Å². The maximum atomic E-state index is 8.75. The predicted octanol–water partition coefficient (Wildman–Crippen LogP) is 4.00. The van der Waals surface area contributed by atoms with E-state index in [0.29, 0.717) is 24.7 Å². The average molecular weight is 333 g/mol. The van der Waals surface area contributed by atoms with Gasteiger partial charge in [-0.1, -0.05) is 36.4 Å². The molecule has 1 atom stereocenters. The number of nitriles is 1. The molecule has 0 amide bonds. The predicted molar refractivity (Wildman–Crippen MR) is 92.8 cm³/mol. The Bertz CT molecular complexity index is 641. The highest BCUT2D eigenvalue weighted by Crippen LogP contribution is 2.31. The van der Waals surface area contributed by atoms with Crippen LogP contribution in [0.1, 0.15) is 30.5 Å². The van der Waals surface area contributed by atoms with E-state index >= 15 is 0 Å². The summed E-state index contributed by atoms with van der Waals surface area (Å²) in [5, 5.41) is 8.75. The fourth-order valence-corrected chi connectivity index (χ4v) is 2.09. The zero-order valence-electron chi connectivity index (χ0n) is 13.1. The van der Waals surface area contributed by atoms with Crippen LogP contribution in [-0.4, -0.2) is 6.61 Å². The summed E-state index contributed by atoms with van der Waals surface area (Å²) in [7, 11) is 0. The van der Waals surface area contributed by atoms with Crippen molar-refractivity contribution in [3.63, 3.8) is 0 Å². The Balaban J connectivity index is 0.00000264. The Labute approximate surface area is 143 Å². The average Bonchev–Trinajstić information content (AvgIpc) is 2.55.